The number of nitrogens with two attached hydrogens (primary N) is 1. The number of hydrogen-bond donors (Lipinski definition) is 2. The Kier molecular flexibility index (Phi) is 3.66. The van der Waals surface area contributed by atoms with Crippen LogP contribution in [0.25, 0.3) is 0 Å². The van der Waals surface area contributed by atoms with Crippen LogP contribution in [0.5, 0.6) is 0 Å². The summed E-state index contributed by atoms with van der Waals surface area (Å²) in [4.78, 5) is 16.4. The van der Waals surface area contributed by atoms with Crippen LogP contribution in [0, 0.1) is 0 Å². The first-order valence-electron chi connectivity index (χ1n) is 6.51. The molecule has 0 saturated carbocycles. The topological polar surface area (TPSA) is 61.6 Å². The lowest BCUT2D eigenvalue weighted by atomic mass is 10.0. The fourth-order valence-corrected chi connectivity index (χ4v) is 2.23. The average Bonchev–Trinajstić information content (AvgIpc) is 2.32. The highest BCUT2D eigenvalue weighted by Gasteiger charge is 2.33. The summed E-state index contributed by atoms with van der Waals surface area (Å²) in [5.74, 6) is 0. The van der Waals surface area contributed by atoms with Gasteiger partial charge in [0.2, 0.25) is 0 Å². The number of nitrogen functional groups attached to an aromatic ring is 1. The lowest BCUT2D eigenvalue weighted by Crippen LogP contribution is -2.59. The molecule has 5 heteroatoms. The van der Waals surface area contributed by atoms with Crippen LogP contribution in [0.4, 0.5) is 16.2 Å². The molecule has 0 aromatic heterocycles. The maximum Gasteiger partial charge on any atom is 0.321 e. The molecule has 1 aromatic rings. The number of carbonyl (C=O) groups is 1. The summed E-state index contributed by atoms with van der Waals surface area (Å²) in [7, 11) is 2.09. The molecule has 19 heavy (non-hydrogen) atoms. The van der Waals surface area contributed by atoms with Crippen LogP contribution in [0.2, 0.25) is 0 Å². The van der Waals surface area contributed by atoms with Crippen molar-refractivity contribution in [3.05, 3.63) is 24.3 Å². The summed E-state index contributed by atoms with van der Waals surface area (Å²) in [6, 6.07) is 7.17. The van der Waals surface area contributed by atoms with Crippen molar-refractivity contribution in [2.24, 2.45) is 0 Å². The second-order valence-electron chi connectivity index (χ2n) is 5.71. The quantitative estimate of drug-likeness (QED) is 0.759. The monoisotopic (exact) mass is 262 g/mol. The largest absolute Gasteiger partial charge is 0.399 e. The van der Waals surface area contributed by atoms with Crippen LogP contribution in [0.3, 0.4) is 0 Å². The van der Waals surface area contributed by atoms with Crippen molar-refractivity contribution in [1.82, 2.24) is 9.80 Å². The Morgan fingerprint density at radius 1 is 1.37 bits per heavy atom. The fourth-order valence-electron chi connectivity index (χ4n) is 2.23. The normalized spacial score (nSPS) is 19.2. The third-order valence-corrected chi connectivity index (χ3v) is 3.74. The molecule has 1 aliphatic rings. The predicted molar refractivity (Wildman–Crippen MR) is 78.2 cm³/mol. The highest BCUT2D eigenvalue weighted by atomic mass is 16.2. The molecule has 3 N–H and O–H groups in total. The summed E-state index contributed by atoms with van der Waals surface area (Å²) in [5, 5.41) is 2.89. The molecule has 1 aliphatic heterocycles. The van der Waals surface area contributed by atoms with Gasteiger partial charge in [-0.1, -0.05) is 6.07 Å². The van der Waals surface area contributed by atoms with Crippen molar-refractivity contribution in [1.29, 1.82) is 0 Å². The Hall–Kier alpha value is -1.75. The lowest BCUT2D eigenvalue weighted by molar-refractivity contribution is 0.0608. The zero-order chi connectivity index (χ0) is 14.0. The number of amides is 2. The van der Waals surface area contributed by atoms with Crippen LogP contribution in [0.15, 0.2) is 24.3 Å². The molecule has 0 bridgehead atoms. The van der Waals surface area contributed by atoms with E-state index in [1.807, 2.05) is 17.0 Å². The predicted octanol–water partition coefficient (Wildman–Crippen LogP) is 1.83. The number of likely N-dealkylation sites (N-methyl/N-ethyl adjacent to an activating group) is 1. The fraction of sp³-hybridized carbons (Fsp3) is 0.500. The van der Waals surface area contributed by atoms with Gasteiger partial charge in [-0.15, -0.1) is 0 Å². The molecule has 1 heterocycles. The highest BCUT2D eigenvalue weighted by molar-refractivity contribution is 5.90. The van der Waals surface area contributed by atoms with Gasteiger partial charge in [0.05, 0.1) is 0 Å². The Labute approximate surface area is 114 Å². The average molecular weight is 262 g/mol. The van der Waals surface area contributed by atoms with E-state index in [1.165, 1.54) is 0 Å². The van der Waals surface area contributed by atoms with Gasteiger partial charge < -0.3 is 16.0 Å². The number of benzene rings is 1. The van der Waals surface area contributed by atoms with Gasteiger partial charge in [0, 0.05) is 36.5 Å². The van der Waals surface area contributed by atoms with E-state index in [0.29, 0.717) is 5.69 Å². The lowest BCUT2D eigenvalue weighted by Gasteiger charge is -2.45. The number of piperazine rings is 1. The number of urea groups is 1. The van der Waals surface area contributed by atoms with Crippen molar-refractivity contribution < 1.29 is 4.79 Å². The van der Waals surface area contributed by atoms with E-state index in [1.54, 1.807) is 12.1 Å². The molecule has 5 nitrogen and oxygen atoms in total. The smallest absolute Gasteiger partial charge is 0.321 e. The van der Waals surface area contributed by atoms with Gasteiger partial charge in [-0.05, 0) is 39.1 Å². The molecule has 2 amide bonds. The summed E-state index contributed by atoms with van der Waals surface area (Å²) in [6.45, 7) is 6.64. The summed E-state index contributed by atoms with van der Waals surface area (Å²) in [5.41, 5.74) is 7.10. The molecule has 0 unspecified atom stereocenters. The van der Waals surface area contributed by atoms with E-state index in [4.69, 9.17) is 5.73 Å². The van der Waals surface area contributed by atoms with E-state index < -0.39 is 0 Å². The van der Waals surface area contributed by atoms with Gasteiger partial charge >= 0.3 is 6.03 Å². The minimum atomic E-state index is -0.0632. The molecule has 0 spiro atoms. The maximum atomic E-state index is 12.2. The minimum absolute atomic E-state index is 0.00526. The number of nitrogens with zero attached hydrogens (tertiary/aromatic N) is 2. The number of rotatable bonds is 1. The van der Waals surface area contributed by atoms with E-state index in [2.05, 4.69) is 31.1 Å². The van der Waals surface area contributed by atoms with Gasteiger partial charge in [-0.3, -0.25) is 4.90 Å². The van der Waals surface area contributed by atoms with Gasteiger partial charge in [0.1, 0.15) is 0 Å². The Morgan fingerprint density at radius 2 is 2.11 bits per heavy atom. The van der Waals surface area contributed by atoms with Crippen LogP contribution in [-0.2, 0) is 0 Å². The molecule has 0 aliphatic carbocycles. The molecule has 1 saturated heterocycles. The second kappa shape index (κ2) is 5.09. The van der Waals surface area contributed by atoms with Gasteiger partial charge in [-0.2, -0.15) is 0 Å². The first-order chi connectivity index (χ1) is 8.88. The first kappa shape index (κ1) is 13.7. The SMILES string of the molecule is CN1CCN(C(=O)Nc2cccc(N)c2)CC1(C)C. The third-order valence-electron chi connectivity index (χ3n) is 3.74. The van der Waals surface area contributed by atoms with Crippen LogP contribution in [-0.4, -0.2) is 48.1 Å². The summed E-state index contributed by atoms with van der Waals surface area (Å²) < 4.78 is 0. The number of hydrogen-bond acceptors (Lipinski definition) is 3. The van der Waals surface area contributed by atoms with Crippen LogP contribution in [0.1, 0.15) is 13.8 Å². The highest BCUT2D eigenvalue weighted by Crippen LogP contribution is 2.20. The molecule has 1 fully saturated rings. The van der Waals surface area contributed by atoms with Crippen molar-refractivity contribution in [3.63, 3.8) is 0 Å². The van der Waals surface area contributed by atoms with E-state index in [-0.39, 0.29) is 11.6 Å². The van der Waals surface area contributed by atoms with Crippen LogP contribution < -0.4 is 11.1 Å². The summed E-state index contributed by atoms with van der Waals surface area (Å²) >= 11 is 0. The Morgan fingerprint density at radius 3 is 2.74 bits per heavy atom. The van der Waals surface area contributed by atoms with Gasteiger partial charge in [-0.25, -0.2) is 4.79 Å². The maximum absolute atomic E-state index is 12.2. The number of carbonyl (C=O) groups excluding carboxylic acids is 1. The molecule has 0 atom stereocenters. The first-order valence-corrected chi connectivity index (χ1v) is 6.51. The standard InChI is InChI=1S/C14H22N4O/c1-14(2)10-18(8-7-17(14)3)13(19)16-12-6-4-5-11(15)9-12/h4-6,9H,7-8,10,15H2,1-3H3,(H,16,19). The minimum Gasteiger partial charge on any atom is -0.399 e. The number of nitrogens with one attached hydrogen (secondary N) is 1. The number of anilines is 2. The molecular formula is C14H22N4O. The zero-order valence-corrected chi connectivity index (χ0v) is 11.8. The van der Waals surface area contributed by atoms with Gasteiger partial charge in [0.25, 0.3) is 0 Å². The van der Waals surface area contributed by atoms with E-state index >= 15 is 0 Å². The second-order valence-corrected chi connectivity index (χ2v) is 5.71. The van der Waals surface area contributed by atoms with Crippen molar-refractivity contribution in [2.75, 3.05) is 37.7 Å². The Bertz CT molecular complexity index is 472. The van der Waals surface area contributed by atoms with Crippen LogP contribution >= 0.6 is 0 Å². The van der Waals surface area contributed by atoms with Crippen molar-refractivity contribution >= 4 is 17.4 Å². The van der Waals surface area contributed by atoms with Gasteiger partial charge in [0.15, 0.2) is 0 Å². The molecule has 0 radical (unpaired) electrons. The third kappa shape index (κ3) is 3.17. The molecular weight excluding hydrogens is 240 g/mol. The molecule has 2 rings (SSSR count). The van der Waals surface area contributed by atoms with E-state index in [0.717, 1.165) is 25.3 Å². The van der Waals surface area contributed by atoms with Crippen molar-refractivity contribution in [3.8, 4) is 0 Å². The molecule has 104 valence electrons. The molecule has 1 aromatic carbocycles. The Balaban J connectivity index is 2.01. The zero-order valence-electron chi connectivity index (χ0n) is 11.8. The van der Waals surface area contributed by atoms with Crippen molar-refractivity contribution in [2.45, 2.75) is 19.4 Å². The summed E-state index contributed by atoms with van der Waals surface area (Å²) in [6.07, 6.45) is 0. The van der Waals surface area contributed by atoms with E-state index in [9.17, 15) is 4.79 Å².